The zero-order chi connectivity index (χ0) is 29.7. The normalized spacial score (nSPS) is 11.9. The summed E-state index contributed by atoms with van der Waals surface area (Å²) < 4.78 is 0. The average molecular weight is 591 g/mol. The Kier molecular flexibility index (Phi) is 6.10. The molecule has 0 unspecified atom stereocenters. The lowest BCUT2D eigenvalue weighted by atomic mass is 9.90. The second-order valence-electron chi connectivity index (χ2n) is 11.3. The SMILES string of the molecule is c1ccc(-c2ccc(-c3nc(-c4cccc5c4-c4cccc6c(-c7ccccc7)ccc(c46)S5)nc4ccccc34)cc2)cc1. The highest BCUT2D eigenvalue weighted by Crippen LogP contribution is 2.52. The first-order valence-electron chi connectivity index (χ1n) is 15.2. The number of benzene rings is 7. The van der Waals surface area contributed by atoms with E-state index >= 15 is 0 Å². The molecule has 0 spiro atoms. The quantitative estimate of drug-likeness (QED) is 0.204. The Bertz CT molecular complexity index is 2380. The van der Waals surface area contributed by atoms with Gasteiger partial charge in [0.1, 0.15) is 0 Å². The molecule has 45 heavy (non-hydrogen) atoms. The Hall–Kier alpha value is -5.51. The van der Waals surface area contributed by atoms with E-state index in [0.29, 0.717) is 0 Å². The molecule has 0 fully saturated rings. The van der Waals surface area contributed by atoms with Crippen molar-refractivity contribution in [3.63, 3.8) is 0 Å². The van der Waals surface area contributed by atoms with Gasteiger partial charge in [-0.25, -0.2) is 9.97 Å². The van der Waals surface area contributed by atoms with E-state index in [1.165, 1.54) is 53.9 Å². The molecule has 0 saturated carbocycles. The van der Waals surface area contributed by atoms with E-state index in [4.69, 9.17) is 9.97 Å². The minimum absolute atomic E-state index is 0.743. The van der Waals surface area contributed by atoms with Crippen LogP contribution in [0.2, 0.25) is 0 Å². The van der Waals surface area contributed by atoms with Crippen molar-refractivity contribution in [1.82, 2.24) is 9.97 Å². The monoisotopic (exact) mass is 590 g/mol. The van der Waals surface area contributed by atoms with Crippen molar-refractivity contribution in [1.29, 1.82) is 0 Å². The van der Waals surface area contributed by atoms with Crippen molar-refractivity contribution >= 4 is 33.4 Å². The summed E-state index contributed by atoms with van der Waals surface area (Å²) in [5.74, 6) is 0.743. The van der Waals surface area contributed by atoms with E-state index in [1.807, 2.05) is 11.8 Å². The molecule has 2 nitrogen and oxygen atoms in total. The molecule has 0 saturated heterocycles. The highest BCUT2D eigenvalue weighted by molar-refractivity contribution is 7.99. The van der Waals surface area contributed by atoms with Gasteiger partial charge < -0.3 is 0 Å². The predicted octanol–water partition coefficient (Wildman–Crippen LogP) is 11.6. The molecule has 0 amide bonds. The molecule has 0 radical (unpaired) electrons. The molecule has 8 aromatic rings. The van der Waals surface area contributed by atoms with E-state index in [-0.39, 0.29) is 0 Å². The van der Waals surface area contributed by atoms with Crippen LogP contribution in [-0.2, 0) is 0 Å². The fourth-order valence-electron chi connectivity index (χ4n) is 6.60. The van der Waals surface area contributed by atoms with Crippen LogP contribution in [-0.4, -0.2) is 9.97 Å². The van der Waals surface area contributed by atoms with Gasteiger partial charge in [0.25, 0.3) is 0 Å². The fraction of sp³-hybridized carbons (Fsp3) is 0. The highest BCUT2D eigenvalue weighted by Gasteiger charge is 2.25. The van der Waals surface area contributed by atoms with Crippen LogP contribution in [0, 0.1) is 0 Å². The van der Waals surface area contributed by atoms with Crippen molar-refractivity contribution < 1.29 is 0 Å². The van der Waals surface area contributed by atoms with Gasteiger partial charge >= 0.3 is 0 Å². The van der Waals surface area contributed by atoms with Crippen molar-refractivity contribution in [3.05, 3.63) is 158 Å². The summed E-state index contributed by atoms with van der Waals surface area (Å²) in [7, 11) is 0. The third-order valence-electron chi connectivity index (χ3n) is 8.71. The second kappa shape index (κ2) is 10.6. The van der Waals surface area contributed by atoms with Gasteiger partial charge in [0, 0.05) is 37.3 Å². The Morgan fingerprint density at radius 3 is 1.84 bits per heavy atom. The molecule has 210 valence electrons. The first-order chi connectivity index (χ1) is 22.3. The maximum absolute atomic E-state index is 5.32. The summed E-state index contributed by atoms with van der Waals surface area (Å²) in [6.45, 7) is 0. The molecule has 0 bridgehead atoms. The lowest BCUT2D eigenvalue weighted by molar-refractivity contribution is 1.22. The molecule has 1 aromatic heterocycles. The van der Waals surface area contributed by atoms with Crippen molar-refractivity contribution in [2.75, 3.05) is 0 Å². The van der Waals surface area contributed by atoms with Crippen molar-refractivity contribution in [2.45, 2.75) is 9.79 Å². The number of nitrogens with zero attached hydrogens (tertiary/aromatic N) is 2. The summed E-state index contributed by atoms with van der Waals surface area (Å²) in [5.41, 5.74) is 11.3. The van der Waals surface area contributed by atoms with Gasteiger partial charge in [0.2, 0.25) is 0 Å². The predicted molar refractivity (Wildman–Crippen MR) is 188 cm³/mol. The number of aromatic nitrogens is 2. The molecule has 3 heteroatoms. The maximum atomic E-state index is 5.32. The zero-order valence-electron chi connectivity index (χ0n) is 24.3. The van der Waals surface area contributed by atoms with Gasteiger partial charge in [-0.1, -0.05) is 151 Å². The van der Waals surface area contributed by atoms with Gasteiger partial charge in [-0.2, -0.15) is 0 Å². The van der Waals surface area contributed by atoms with Crippen molar-refractivity contribution in [3.8, 4) is 56.0 Å². The molecule has 7 aromatic carbocycles. The molecule has 2 heterocycles. The molecule has 0 N–H and O–H groups in total. The lowest BCUT2D eigenvalue weighted by Gasteiger charge is -2.24. The Morgan fingerprint density at radius 2 is 1.02 bits per heavy atom. The molecular formula is C42H26N2S. The minimum atomic E-state index is 0.743. The zero-order valence-corrected chi connectivity index (χ0v) is 25.1. The molecule has 9 rings (SSSR count). The molecule has 0 atom stereocenters. The minimum Gasteiger partial charge on any atom is -0.228 e. The first-order valence-corrected chi connectivity index (χ1v) is 16.0. The summed E-state index contributed by atoms with van der Waals surface area (Å²) in [6, 6.07) is 56.0. The first kappa shape index (κ1) is 25.9. The van der Waals surface area contributed by atoms with Gasteiger partial charge in [-0.15, -0.1) is 0 Å². The fourth-order valence-corrected chi connectivity index (χ4v) is 7.77. The van der Waals surface area contributed by atoms with E-state index in [9.17, 15) is 0 Å². The highest BCUT2D eigenvalue weighted by atomic mass is 32.2. The van der Waals surface area contributed by atoms with E-state index in [1.54, 1.807) is 0 Å². The maximum Gasteiger partial charge on any atom is 0.161 e. The largest absolute Gasteiger partial charge is 0.228 e. The Balaban J connectivity index is 1.24. The smallest absolute Gasteiger partial charge is 0.161 e. The second-order valence-corrected chi connectivity index (χ2v) is 12.4. The summed E-state index contributed by atoms with van der Waals surface area (Å²) in [4.78, 5) is 13.0. The van der Waals surface area contributed by atoms with Crippen LogP contribution in [0.4, 0.5) is 0 Å². The van der Waals surface area contributed by atoms with Gasteiger partial charge in [-0.05, 0) is 51.4 Å². The third-order valence-corrected chi connectivity index (χ3v) is 9.83. The van der Waals surface area contributed by atoms with Crippen molar-refractivity contribution in [2.24, 2.45) is 0 Å². The van der Waals surface area contributed by atoms with Crippen LogP contribution in [0.25, 0.3) is 77.7 Å². The molecular weight excluding hydrogens is 565 g/mol. The van der Waals surface area contributed by atoms with E-state index in [2.05, 4.69) is 158 Å². The number of hydrogen-bond donors (Lipinski definition) is 0. The molecule has 1 aliphatic rings. The van der Waals surface area contributed by atoms with Gasteiger partial charge in [-0.3, -0.25) is 0 Å². The van der Waals surface area contributed by atoms with Gasteiger partial charge in [0.15, 0.2) is 5.82 Å². The van der Waals surface area contributed by atoms with Crippen LogP contribution >= 0.6 is 11.8 Å². The summed E-state index contributed by atoms with van der Waals surface area (Å²) in [5, 5.41) is 3.61. The topological polar surface area (TPSA) is 25.8 Å². The third kappa shape index (κ3) is 4.35. The lowest BCUT2D eigenvalue weighted by Crippen LogP contribution is -2.00. The van der Waals surface area contributed by atoms with Crippen LogP contribution in [0.1, 0.15) is 0 Å². The Labute approximate surface area is 266 Å². The number of rotatable bonds is 4. The van der Waals surface area contributed by atoms with E-state index < -0.39 is 0 Å². The Morgan fingerprint density at radius 1 is 0.378 bits per heavy atom. The van der Waals surface area contributed by atoms with Crippen LogP contribution in [0.5, 0.6) is 0 Å². The molecule has 1 aliphatic heterocycles. The standard InChI is InChI=1S/C42H26N2S/c1-3-11-27(12-4-1)28-21-23-30(24-22-28)41-33-15-7-8-19-36(33)43-42(44-41)35-18-10-20-37-40(35)34-17-9-16-32-31(29-13-5-2-6-14-29)25-26-38(45-37)39(32)34/h1-26H. The number of para-hydroxylation sites is 1. The number of hydrogen-bond acceptors (Lipinski definition) is 3. The number of fused-ring (bicyclic) bond motifs is 3. The van der Waals surface area contributed by atoms with Crippen LogP contribution < -0.4 is 0 Å². The summed E-state index contributed by atoms with van der Waals surface area (Å²) in [6.07, 6.45) is 0. The van der Waals surface area contributed by atoms with Crippen LogP contribution in [0.3, 0.4) is 0 Å². The van der Waals surface area contributed by atoms with E-state index in [0.717, 1.165) is 33.5 Å². The van der Waals surface area contributed by atoms with Crippen LogP contribution in [0.15, 0.2) is 168 Å². The molecule has 0 aliphatic carbocycles. The average Bonchev–Trinajstić information content (AvgIpc) is 3.12. The van der Waals surface area contributed by atoms with Gasteiger partial charge in [0.05, 0.1) is 11.2 Å². The summed E-state index contributed by atoms with van der Waals surface area (Å²) >= 11 is 1.84.